The van der Waals surface area contributed by atoms with Crippen LogP contribution in [0.5, 0.6) is 0 Å². The van der Waals surface area contributed by atoms with Crippen LogP contribution in [0.1, 0.15) is 19.8 Å². The zero-order valence-corrected chi connectivity index (χ0v) is 12.1. The number of rotatable bonds is 4. The summed E-state index contributed by atoms with van der Waals surface area (Å²) >= 11 is 0. The molecule has 6 heteroatoms. The first-order chi connectivity index (χ1) is 9.51. The van der Waals surface area contributed by atoms with E-state index in [0.717, 1.165) is 38.2 Å². The topological polar surface area (TPSA) is 75.6 Å². The monoisotopic (exact) mass is 278 g/mol. The van der Waals surface area contributed by atoms with E-state index in [1.54, 1.807) is 12.1 Å². The molecule has 1 aliphatic rings. The van der Waals surface area contributed by atoms with Gasteiger partial charge in [-0.15, -0.1) is 0 Å². The summed E-state index contributed by atoms with van der Waals surface area (Å²) in [6.45, 7) is 5.41. The molecule has 0 bridgehead atoms. The number of hydrogen-bond acceptors (Lipinski definition) is 5. The van der Waals surface area contributed by atoms with Gasteiger partial charge in [0.25, 0.3) is 5.69 Å². The predicted molar refractivity (Wildman–Crippen MR) is 81.0 cm³/mol. The summed E-state index contributed by atoms with van der Waals surface area (Å²) in [5, 5.41) is 10.9. The van der Waals surface area contributed by atoms with Crippen LogP contribution in [0.25, 0.3) is 0 Å². The van der Waals surface area contributed by atoms with E-state index >= 15 is 0 Å². The Hall–Kier alpha value is -1.82. The SMILES string of the molecule is CCN1CCC(N(C)c2cc(N)cc([N+](=O)[O-])c2)CC1. The number of benzene rings is 1. The molecular weight excluding hydrogens is 256 g/mol. The minimum Gasteiger partial charge on any atom is -0.398 e. The fourth-order valence-corrected chi connectivity index (χ4v) is 2.76. The van der Waals surface area contributed by atoms with Gasteiger partial charge >= 0.3 is 0 Å². The third kappa shape index (κ3) is 3.19. The molecule has 0 unspecified atom stereocenters. The molecule has 1 aliphatic heterocycles. The molecule has 0 spiro atoms. The summed E-state index contributed by atoms with van der Waals surface area (Å²) in [5.41, 5.74) is 7.09. The zero-order chi connectivity index (χ0) is 14.7. The van der Waals surface area contributed by atoms with Gasteiger partial charge < -0.3 is 15.5 Å². The first-order valence-corrected chi connectivity index (χ1v) is 7.01. The van der Waals surface area contributed by atoms with Crippen molar-refractivity contribution in [2.45, 2.75) is 25.8 Å². The van der Waals surface area contributed by atoms with Crippen LogP contribution in [0.2, 0.25) is 0 Å². The minimum atomic E-state index is -0.395. The average Bonchev–Trinajstić information content (AvgIpc) is 2.46. The fraction of sp³-hybridized carbons (Fsp3) is 0.571. The van der Waals surface area contributed by atoms with E-state index in [0.29, 0.717) is 11.7 Å². The van der Waals surface area contributed by atoms with Gasteiger partial charge in [-0.3, -0.25) is 10.1 Å². The number of nitrogen functional groups attached to an aromatic ring is 1. The van der Waals surface area contributed by atoms with Crippen molar-refractivity contribution in [1.82, 2.24) is 4.90 Å². The number of anilines is 2. The molecule has 1 saturated heterocycles. The quantitative estimate of drug-likeness (QED) is 0.518. The highest BCUT2D eigenvalue weighted by Gasteiger charge is 2.23. The summed E-state index contributed by atoms with van der Waals surface area (Å²) in [4.78, 5) is 15.1. The first kappa shape index (κ1) is 14.6. The van der Waals surface area contributed by atoms with Crippen LogP contribution >= 0.6 is 0 Å². The number of nitrogens with two attached hydrogens (primary N) is 1. The van der Waals surface area contributed by atoms with Gasteiger partial charge in [-0.1, -0.05) is 6.92 Å². The maximum Gasteiger partial charge on any atom is 0.273 e. The van der Waals surface area contributed by atoms with Crippen molar-refractivity contribution in [3.8, 4) is 0 Å². The van der Waals surface area contributed by atoms with Gasteiger partial charge in [0.2, 0.25) is 0 Å². The van der Waals surface area contributed by atoms with Crippen molar-refractivity contribution >= 4 is 17.1 Å². The Morgan fingerprint density at radius 3 is 2.60 bits per heavy atom. The highest BCUT2D eigenvalue weighted by Crippen LogP contribution is 2.28. The van der Waals surface area contributed by atoms with Crippen LogP contribution in [0.3, 0.4) is 0 Å². The van der Waals surface area contributed by atoms with Crippen LogP contribution in [0, 0.1) is 10.1 Å². The summed E-state index contributed by atoms with van der Waals surface area (Å²) in [5.74, 6) is 0. The van der Waals surface area contributed by atoms with Crippen molar-refractivity contribution in [1.29, 1.82) is 0 Å². The van der Waals surface area contributed by atoms with Gasteiger partial charge in [-0.25, -0.2) is 0 Å². The normalized spacial score (nSPS) is 17.1. The van der Waals surface area contributed by atoms with Crippen molar-refractivity contribution < 1.29 is 4.92 Å². The molecule has 2 N–H and O–H groups in total. The lowest BCUT2D eigenvalue weighted by Crippen LogP contribution is -2.43. The maximum absolute atomic E-state index is 10.9. The second-order valence-electron chi connectivity index (χ2n) is 5.32. The number of nitro benzene ring substituents is 1. The molecule has 6 nitrogen and oxygen atoms in total. The summed E-state index contributed by atoms with van der Waals surface area (Å²) in [7, 11) is 1.99. The van der Waals surface area contributed by atoms with Crippen LogP contribution in [0.4, 0.5) is 17.1 Å². The van der Waals surface area contributed by atoms with Crippen molar-refractivity contribution in [2.75, 3.05) is 37.3 Å². The van der Waals surface area contributed by atoms with Crippen LogP contribution in [0.15, 0.2) is 18.2 Å². The molecule has 0 aromatic heterocycles. The fourth-order valence-electron chi connectivity index (χ4n) is 2.76. The van der Waals surface area contributed by atoms with Crippen molar-refractivity contribution in [2.24, 2.45) is 0 Å². The summed E-state index contributed by atoms with van der Waals surface area (Å²) in [6, 6.07) is 5.22. The van der Waals surface area contributed by atoms with Gasteiger partial charge in [0.05, 0.1) is 4.92 Å². The summed E-state index contributed by atoms with van der Waals surface area (Å²) in [6.07, 6.45) is 2.15. The van der Waals surface area contributed by atoms with Crippen molar-refractivity contribution in [3.05, 3.63) is 28.3 Å². The van der Waals surface area contributed by atoms with E-state index in [1.807, 2.05) is 7.05 Å². The molecule has 0 atom stereocenters. The lowest BCUT2D eigenvalue weighted by Gasteiger charge is -2.37. The second-order valence-corrected chi connectivity index (χ2v) is 5.32. The van der Waals surface area contributed by atoms with Gasteiger partial charge in [-0.2, -0.15) is 0 Å². The standard InChI is InChI=1S/C14H22N4O2/c1-3-17-6-4-12(5-7-17)16(2)13-8-11(15)9-14(10-13)18(19)20/h8-10,12H,3-7,15H2,1-2H3. The van der Waals surface area contributed by atoms with Gasteiger partial charge in [0.1, 0.15) is 0 Å². The van der Waals surface area contributed by atoms with E-state index in [9.17, 15) is 10.1 Å². The third-order valence-electron chi connectivity index (χ3n) is 4.09. The van der Waals surface area contributed by atoms with E-state index in [2.05, 4.69) is 16.7 Å². The number of nitro groups is 1. The molecular formula is C14H22N4O2. The molecule has 0 aliphatic carbocycles. The molecule has 0 saturated carbocycles. The van der Waals surface area contributed by atoms with Gasteiger partial charge in [0.15, 0.2) is 0 Å². The first-order valence-electron chi connectivity index (χ1n) is 7.01. The van der Waals surface area contributed by atoms with Gasteiger partial charge in [0, 0.05) is 49.7 Å². The molecule has 2 rings (SSSR count). The Bertz CT molecular complexity index is 484. The highest BCUT2D eigenvalue weighted by molar-refractivity contribution is 5.62. The van der Waals surface area contributed by atoms with E-state index in [-0.39, 0.29) is 5.69 Å². The zero-order valence-electron chi connectivity index (χ0n) is 12.1. The number of nitrogens with zero attached hydrogens (tertiary/aromatic N) is 3. The Balaban J connectivity index is 2.13. The Morgan fingerprint density at radius 1 is 1.40 bits per heavy atom. The van der Waals surface area contributed by atoms with E-state index < -0.39 is 4.92 Å². The predicted octanol–water partition coefficient (Wildman–Crippen LogP) is 2.10. The second kappa shape index (κ2) is 6.09. The Labute approximate surface area is 119 Å². The number of hydrogen-bond donors (Lipinski definition) is 1. The van der Waals surface area contributed by atoms with Crippen LogP contribution in [-0.2, 0) is 0 Å². The lowest BCUT2D eigenvalue weighted by molar-refractivity contribution is -0.384. The molecule has 0 radical (unpaired) electrons. The largest absolute Gasteiger partial charge is 0.398 e. The number of likely N-dealkylation sites (tertiary alicyclic amines) is 1. The molecule has 1 fully saturated rings. The maximum atomic E-state index is 10.9. The molecule has 1 heterocycles. The Kier molecular flexibility index (Phi) is 4.44. The van der Waals surface area contributed by atoms with Crippen LogP contribution < -0.4 is 10.6 Å². The third-order valence-corrected chi connectivity index (χ3v) is 4.09. The van der Waals surface area contributed by atoms with E-state index in [1.165, 1.54) is 6.07 Å². The smallest absolute Gasteiger partial charge is 0.273 e. The molecule has 0 amide bonds. The van der Waals surface area contributed by atoms with E-state index in [4.69, 9.17) is 5.73 Å². The van der Waals surface area contributed by atoms with Crippen molar-refractivity contribution in [3.63, 3.8) is 0 Å². The summed E-state index contributed by atoms with van der Waals surface area (Å²) < 4.78 is 0. The highest BCUT2D eigenvalue weighted by atomic mass is 16.6. The average molecular weight is 278 g/mol. The number of non-ortho nitro benzene ring substituents is 1. The molecule has 1 aromatic carbocycles. The lowest BCUT2D eigenvalue weighted by atomic mass is 10.0. The Morgan fingerprint density at radius 2 is 2.05 bits per heavy atom. The van der Waals surface area contributed by atoms with Crippen LogP contribution in [-0.4, -0.2) is 42.5 Å². The minimum absolute atomic E-state index is 0.0536. The van der Waals surface area contributed by atoms with Gasteiger partial charge in [-0.05, 0) is 25.5 Å². The molecule has 110 valence electrons. The molecule has 20 heavy (non-hydrogen) atoms. The molecule has 1 aromatic rings. The number of piperidine rings is 1.